The molecule has 0 radical (unpaired) electrons. The minimum Gasteiger partial charge on any atom is -0.394 e. The normalized spacial score (nSPS) is 30.5. The molecule has 9 N–H and O–H groups in total. The lowest BCUT2D eigenvalue weighted by Crippen LogP contribution is -2.56. The van der Waals surface area contributed by atoms with E-state index in [0.29, 0.717) is 65.8 Å². The van der Waals surface area contributed by atoms with Gasteiger partial charge in [-0.25, -0.2) is 9.97 Å². The van der Waals surface area contributed by atoms with E-state index in [2.05, 4.69) is 40.1 Å². The molecule has 5 saturated heterocycles. The summed E-state index contributed by atoms with van der Waals surface area (Å²) in [5.41, 5.74) is 11.6. The fourth-order valence-electron chi connectivity index (χ4n) is 8.20. The molecule has 0 bridgehead atoms. The molecule has 5 aromatic rings. The molecule has 1 amide bonds. The Labute approximate surface area is 347 Å². The van der Waals surface area contributed by atoms with Gasteiger partial charge in [-0.3, -0.25) is 19.2 Å². The summed E-state index contributed by atoms with van der Waals surface area (Å²) in [7, 11) is 0. The van der Waals surface area contributed by atoms with Gasteiger partial charge in [0.05, 0.1) is 39.1 Å². The lowest BCUT2D eigenvalue weighted by atomic mass is 9.86. The second-order valence-electron chi connectivity index (χ2n) is 15.7. The third kappa shape index (κ3) is 6.91. The van der Waals surface area contributed by atoms with Crippen LogP contribution in [0.25, 0.3) is 22.3 Å². The molecule has 60 heavy (non-hydrogen) atoms. The number of benzene rings is 1. The number of fused-ring (bicyclic) bond motifs is 2. The highest BCUT2D eigenvalue weighted by Crippen LogP contribution is 2.50. The summed E-state index contributed by atoms with van der Waals surface area (Å²) < 4.78 is 26.5. The van der Waals surface area contributed by atoms with Crippen molar-refractivity contribution in [3.8, 4) is 0 Å². The molecular formula is C38H47ClN12O9. The van der Waals surface area contributed by atoms with Crippen LogP contribution in [-0.2, 0) is 18.9 Å². The third-order valence-electron chi connectivity index (χ3n) is 12.1. The van der Waals surface area contributed by atoms with E-state index in [1.54, 1.807) is 39.7 Å². The average molecular weight is 851 g/mol. The largest absolute Gasteiger partial charge is 0.394 e. The van der Waals surface area contributed by atoms with Crippen molar-refractivity contribution in [2.45, 2.75) is 92.6 Å². The number of ether oxygens (including phenoxy) is 4. The first-order valence-electron chi connectivity index (χ1n) is 20.0. The maximum atomic E-state index is 12.5. The summed E-state index contributed by atoms with van der Waals surface area (Å²) in [5.74, 6) is 0.498. The van der Waals surface area contributed by atoms with Crippen LogP contribution in [0.3, 0.4) is 0 Å². The fourth-order valence-corrected chi connectivity index (χ4v) is 8.42. The van der Waals surface area contributed by atoms with Crippen LogP contribution in [-0.4, -0.2) is 147 Å². The Morgan fingerprint density at radius 3 is 1.85 bits per heavy atom. The maximum Gasteiger partial charge on any atom is 0.258 e. The first kappa shape index (κ1) is 40.7. The number of nitrogens with one attached hydrogen (secondary N) is 1. The summed E-state index contributed by atoms with van der Waals surface area (Å²) in [6.07, 6.45) is 4.43. The van der Waals surface area contributed by atoms with Crippen LogP contribution in [0.1, 0.15) is 61.3 Å². The molecule has 22 heteroatoms. The van der Waals surface area contributed by atoms with Crippen molar-refractivity contribution < 1.29 is 44.2 Å². The topological polar surface area (TPSA) is 289 Å². The third-order valence-corrected chi connectivity index (χ3v) is 12.4. The van der Waals surface area contributed by atoms with Gasteiger partial charge in [-0.05, 0) is 31.4 Å². The van der Waals surface area contributed by atoms with Gasteiger partial charge in [0.15, 0.2) is 40.2 Å². The number of aromatic nitrogens is 8. The minimum absolute atomic E-state index is 0.00364. The summed E-state index contributed by atoms with van der Waals surface area (Å²) >= 11 is 6.28. The monoisotopic (exact) mass is 850 g/mol. The average Bonchev–Trinajstić information content (AvgIpc) is 3.94. The number of carbonyl (C=O) groups excluding carboxylic acids is 1. The molecule has 1 aliphatic carbocycles. The Hall–Kier alpha value is -4.68. The predicted octanol–water partition coefficient (Wildman–Crippen LogP) is 0.668. The predicted molar refractivity (Wildman–Crippen MR) is 214 cm³/mol. The van der Waals surface area contributed by atoms with Crippen molar-refractivity contribution >= 4 is 57.6 Å². The van der Waals surface area contributed by atoms with E-state index >= 15 is 0 Å². The molecule has 21 nitrogen and oxygen atoms in total. The number of nitrogens with zero attached hydrogens (tertiary/aromatic N) is 9. The van der Waals surface area contributed by atoms with E-state index in [4.69, 9.17) is 42.0 Å². The van der Waals surface area contributed by atoms with Crippen molar-refractivity contribution in [2.24, 2.45) is 5.73 Å². The first-order valence-corrected chi connectivity index (χ1v) is 20.4. The number of nitrogen functional groups attached to an aromatic ring is 1. The molecule has 6 aliphatic rings. The van der Waals surface area contributed by atoms with E-state index in [1.807, 2.05) is 6.07 Å². The molecule has 4 aromatic heterocycles. The molecule has 5 aliphatic heterocycles. The van der Waals surface area contributed by atoms with Crippen molar-refractivity contribution in [1.29, 1.82) is 0 Å². The molecule has 1 saturated carbocycles. The molecule has 6 fully saturated rings. The van der Waals surface area contributed by atoms with Gasteiger partial charge in [0.2, 0.25) is 11.9 Å². The number of hydrogen-bond donors (Lipinski definition) is 7. The van der Waals surface area contributed by atoms with E-state index in [0.717, 1.165) is 19.5 Å². The Morgan fingerprint density at radius 2 is 1.38 bits per heavy atom. The smallest absolute Gasteiger partial charge is 0.258 e. The standard InChI is InChI=1S/C19H18ClN5O5.C15H20N6O4.C4H9N/c20-14-12-15(23-18(22-14)24-16(28)10-4-2-1-3-5-10)25(9-21-12)17-19(6-7-29-19)13(27)11(8-26)30-17;16-14-18-11(20-3-1-4-20)9-12(19-14)21(7-17-9)13-15(2-5-24-15)10(23)8(6-22)25-13;5-4-2-1-3-4/h1-5,9,11,13,17,26-27H,6-8H2,(H,22,23,24,28);7-8,10,13,22-23H,1-6H2,(H2,16,18,19);4H,1-3,5H2/t11?,13?,17?,19-;8?,10?,13?,15-;/m11./s1. The summed E-state index contributed by atoms with van der Waals surface area (Å²) in [5, 5.41) is 42.9. The first-order chi connectivity index (χ1) is 29.1. The summed E-state index contributed by atoms with van der Waals surface area (Å²) in [4.78, 5) is 40.5. The second-order valence-corrected chi connectivity index (χ2v) is 16.0. The zero-order valence-electron chi connectivity index (χ0n) is 32.5. The second kappa shape index (κ2) is 16.3. The van der Waals surface area contributed by atoms with E-state index < -0.39 is 48.1 Å². The van der Waals surface area contributed by atoms with Crippen LogP contribution in [0.4, 0.5) is 17.7 Å². The zero-order chi connectivity index (χ0) is 41.8. The van der Waals surface area contributed by atoms with Crippen LogP contribution >= 0.6 is 11.6 Å². The number of aliphatic hydroxyl groups excluding tert-OH is 4. The number of anilines is 3. The molecule has 8 atom stereocenters. The van der Waals surface area contributed by atoms with Crippen molar-refractivity contribution in [2.75, 3.05) is 55.5 Å². The van der Waals surface area contributed by atoms with Crippen molar-refractivity contribution in [3.05, 3.63) is 53.7 Å². The maximum absolute atomic E-state index is 12.5. The number of carbonyl (C=O) groups is 1. The number of aliphatic hydroxyl groups is 4. The number of rotatable bonds is 7. The Bertz CT molecular complexity index is 2340. The van der Waals surface area contributed by atoms with Gasteiger partial charge in [-0.1, -0.05) is 36.2 Å². The lowest BCUT2D eigenvalue weighted by Gasteiger charge is -2.44. The van der Waals surface area contributed by atoms with Crippen LogP contribution in [0.5, 0.6) is 0 Å². The molecular weight excluding hydrogens is 804 g/mol. The minimum atomic E-state index is -1.01. The molecule has 2 spiro atoms. The SMILES string of the molecule is NC1CCC1.Nc1nc(N2CCC2)c2ncn(C3OC(CO)C(O)[C@]34CCO4)c2n1.O=C(Nc1nc(Cl)c2ncn(C3OC(CO)C(O)[C@]34CCO4)c2n1)c1ccccc1. The molecule has 9 heterocycles. The van der Waals surface area contributed by atoms with E-state index in [1.165, 1.54) is 25.6 Å². The summed E-state index contributed by atoms with van der Waals surface area (Å²) in [6.45, 7) is 2.19. The highest BCUT2D eigenvalue weighted by molar-refractivity contribution is 6.33. The highest BCUT2D eigenvalue weighted by Gasteiger charge is 2.63. The van der Waals surface area contributed by atoms with Gasteiger partial charge in [-0.2, -0.15) is 19.9 Å². The van der Waals surface area contributed by atoms with Gasteiger partial charge >= 0.3 is 0 Å². The number of imidazole rings is 2. The van der Waals surface area contributed by atoms with E-state index in [9.17, 15) is 25.2 Å². The lowest BCUT2D eigenvalue weighted by molar-refractivity contribution is -0.225. The highest BCUT2D eigenvalue weighted by atomic mass is 35.5. The molecule has 6 unspecified atom stereocenters. The van der Waals surface area contributed by atoms with E-state index in [-0.39, 0.29) is 36.2 Å². The Morgan fingerprint density at radius 1 is 0.833 bits per heavy atom. The van der Waals surface area contributed by atoms with Gasteiger partial charge in [0.1, 0.15) is 41.1 Å². The molecule has 11 rings (SSSR count). The Kier molecular flexibility index (Phi) is 11.1. The van der Waals surface area contributed by atoms with Crippen LogP contribution in [0.2, 0.25) is 5.15 Å². The number of halogens is 1. The summed E-state index contributed by atoms with van der Waals surface area (Å²) in [6, 6.07) is 9.21. The number of amides is 1. The number of hydrogen-bond acceptors (Lipinski definition) is 18. The van der Waals surface area contributed by atoms with Gasteiger partial charge in [0, 0.05) is 37.5 Å². The van der Waals surface area contributed by atoms with Crippen molar-refractivity contribution in [1.82, 2.24) is 39.0 Å². The quantitative estimate of drug-likeness (QED) is 0.111. The Balaban J connectivity index is 0.000000140. The zero-order valence-corrected chi connectivity index (χ0v) is 33.2. The van der Waals surface area contributed by atoms with Gasteiger partial charge in [0.25, 0.3) is 5.91 Å². The molecule has 1 aromatic carbocycles. The van der Waals surface area contributed by atoms with Gasteiger partial charge < -0.3 is 55.7 Å². The fraction of sp³-hybridized carbons (Fsp3) is 0.553. The van der Waals surface area contributed by atoms with Crippen molar-refractivity contribution in [3.63, 3.8) is 0 Å². The molecule has 320 valence electrons. The van der Waals surface area contributed by atoms with Gasteiger partial charge in [-0.15, -0.1) is 0 Å². The number of nitrogens with two attached hydrogens (primary N) is 2. The van der Waals surface area contributed by atoms with Crippen LogP contribution < -0.4 is 21.7 Å². The van der Waals surface area contributed by atoms with Crippen LogP contribution in [0.15, 0.2) is 43.0 Å². The van der Waals surface area contributed by atoms with Crippen LogP contribution in [0, 0.1) is 0 Å².